The van der Waals surface area contributed by atoms with Gasteiger partial charge in [0.15, 0.2) is 0 Å². The molecule has 0 spiro atoms. The second kappa shape index (κ2) is 9.11. The predicted octanol–water partition coefficient (Wildman–Crippen LogP) is 2.16. The molecule has 2 amide bonds. The minimum atomic E-state index is -3.65. The van der Waals surface area contributed by atoms with E-state index in [1.54, 1.807) is 33.3 Å². The Bertz CT molecular complexity index is 1090. The largest absolute Gasteiger partial charge is 0.495 e. The van der Waals surface area contributed by atoms with E-state index in [0.29, 0.717) is 30.1 Å². The first-order valence-corrected chi connectivity index (χ1v) is 11.5. The van der Waals surface area contributed by atoms with Crippen molar-refractivity contribution in [2.75, 3.05) is 39.6 Å². The number of hydrogen-bond donors (Lipinski definition) is 1. The van der Waals surface area contributed by atoms with E-state index < -0.39 is 15.9 Å². The zero-order chi connectivity index (χ0) is 22.8. The molecule has 31 heavy (non-hydrogen) atoms. The fourth-order valence-electron chi connectivity index (χ4n) is 3.54. The SMILES string of the molecule is COc1ccc(C(=O)N(C)C)cc1NC(=O)c1cc(S(=O)(=O)N2CCCCC2)cn1C. The van der Waals surface area contributed by atoms with Crippen LogP contribution in [0.1, 0.15) is 40.1 Å². The van der Waals surface area contributed by atoms with Gasteiger partial charge in [-0.1, -0.05) is 6.42 Å². The van der Waals surface area contributed by atoms with Crippen molar-refractivity contribution in [2.24, 2.45) is 7.05 Å². The third-order valence-corrected chi connectivity index (χ3v) is 7.13. The fourth-order valence-corrected chi connectivity index (χ4v) is 5.13. The maximum atomic E-state index is 12.9. The van der Waals surface area contributed by atoms with Crippen LogP contribution in [0.2, 0.25) is 0 Å². The van der Waals surface area contributed by atoms with Gasteiger partial charge in [-0.25, -0.2) is 8.42 Å². The van der Waals surface area contributed by atoms with E-state index >= 15 is 0 Å². The number of ether oxygens (including phenoxy) is 1. The molecule has 10 heteroatoms. The summed E-state index contributed by atoms with van der Waals surface area (Å²) in [6.07, 6.45) is 4.14. The average Bonchev–Trinajstić information content (AvgIpc) is 3.16. The van der Waals surface area contributed by atoms with Gasteiger partial charge in [0.2, 0.25) is 10.0 Å². The minimum absolute atomic E-state index is 0.0885. The molecule has 3 rings (SSSR count). The first kappa shape index (κ1) is 22.8. The van der Waals surface area contributed by atoms with Crippen LogP contribution in [-0.2, 0) is 17.1 Å². The van der Waals surface area contributed by atoms with Gasteiger partial charge in [-0.2, -0.15) is 4.31 Å². The quantitative estimate of drug-likeness (QED) is 0.730. The van der Waals surface area contributed by atoms with Crippen LogP contribution in [0.5, 0.6) is 5.75 Å². The summed E-state index contributed by atoms with van der Waals surface area (Å²) >= 11 is 0. The van der Waals surface area contributed by atoms with Gasteiger partial charge in [-0.3, -0.25) is 9.59 Å². The van der Waals surface area contributed by atoms with E-state index in [4.69, 9.17) is 4.74 Å². The van der Waals surface area contributed by atoms with Crippen LogP contribution in [0, 0.1) is 0 Å². The Morgan fingerprint density at radius 3 is 2.39 bits per heavy atom. The summed E-state index contributed by atoms with van der Waals surface area (Å²) in [5.74, 6) is -0.332. The first-order chi connectivity index (χ1) is 14.6. The van der Waals surface area contributed by atoms with Gasteiger partial charge in [0.05, 0.1) is 12.8 Å². The number of amides is 2. The zero-order valence-electron chi connectivity index (χ0n) is 18.2. The summed E-state index contributed by atoms with van der Waals surface area (Å²) in [5.41, 5.74) is 0.894. The molecular weight excluding hydrogens is 420 g/mol. The molecule has 1 aromatic carbocycles. The van der Waals surface area contributed by atoms with E-state index in [1.807, 2.05) is 0 Å². The molecule has 1 aliphatic rings. The molecule has 1 fully saturated rings. The normalized spacial score (nSPS) is 14.8. The van der Waals surface area contributed by atoms with Gasteiger partial charge in [-0.05, 0) is 37.1 Å². The molecule has 0 atom stereocenters. The van der Waals surface area contributed by atoms with E-state index in [9.17, 15) is 18.0 Å². The van der Waals surface area contributed by atoms with Crippen molar-refractivity contribution < 1.29 is 22.7 Å². The number of carbonyl (C=O) groups is 2. The molecule has 168 valence electrons. The van der Waals surface area contributed by atoms with Crippen LogP contribution in [0.25, 0.3) is 0 Å². The Hall–Kier alpha value is -2.85. The Kier molecular flexibility index (Phi) is 6.71. The molecule has 9 nitrogen and oxygen atoms in total. The number of nitrogens with zero attached hydrogens (tertiary/aromatic N) is 3. The molecule has 2 aromatic rings. The highest BCUT2D eigenvalue weighted by atomic mass is 32.2. The van der Waals surface area contributed by atoms with Crippen LogP contribution in [0.15, 0.2) is 35.4 Å². The number of rotatable bonds is 6. The Morgan fingerprint density at radius 1 is 1.10 bits per heavy atom. The Morgan fingerprint density at radius 2 is 1.77 bits per heavy atom. The number of methoxy groups -OCH3 is 1. The molecular formula is C21H28N4O5S. The number of aromatic nitrogens is 1. The first-order valence-electron chi connectivity index (χ1n) is 10.0. The minimum Gasteiger partial charge on any atom is -0.495 e. The van der Waals surface area contributed by atoms with Crippen LogP contribution in [0.4, 0.5) is 5.69 Å². The topological polar surface area (TPSA) is 101 Å². The molecule has 0 bridgehead atoms. The molecule has 1 aliphatic heterocycles. The lowest BCUT2D eigenvalue weighted by molar-refractivity contribution is 0.0827. The van der Waals surface area contributed by atoms with Crippen LogP contribution in [-0.4, -0.2) is 68.3 Å². The Balaban J connectivity index is 1.88. The molecule has 1 N–H and O–H groups in total. The highest BCUT2D eigenvalue weighted by Gasteiger charge is 2.28. The second-order valence-corrected chi connectivity index (χ2v) is 9.64. The molecule has 1 aromatic heterocycles. The van der Waals surface area contributed by atoms with Crippen LogP contribution in [0.3, 0.4) is 0 Å². The number of aryl methyl sites for hydroxylation is 1. The van der Waals surface area contributed by atoms with Crippen molar-refractivity contribution >= 4 is 27.5 Å². The molecule has 0 unspecified atom stereocenters. The third-order valence-electron chi connectivity index (χ3n) is 5.27. The highest BCUT2D eigenvalue weighted by molar-refractivity contribution is 7.89. The van der Waals surface area contributed by atoms with Gasteiger partial charge >= 0.3 is 0 Å². The van der Waals surface area contributed by atoms with E-state index in [2.05, 4.69) is 5.32 Å². The number of hydrogen-bond acceptors (Lipinski definition) is 5. The lowest BCUT2D eigenvalue weighted by atomic mass is 10.1. The molecule has 2 heterocycles. The average molecular weight is 449 g/mol. The lowest BCUT2D eigenvalue weighted by Gasteiger charge is -2.25. The van der Waals surface area contributed by atoms with E-state index in [0.717, 1.165) is 19.3 Å². The highest BCUT2D eigenvalue weighted by Crippen LogP contribution is 2.28. The lowest BCUT2D eigenvalue weighted by Crippen LogP contribution is -2.35. The van der Waals surface area contributed by atoms with Crippen LogP contribution < -0.4 is 10.1 Å². The van der Waals surface area contributed by atoms with Crippen molar-refractivity contribution in [3.8, 4) is 5.75 Å². The van der Waals surface area contributed by atoms with Gasteiger partial charge in [0.1, 0.15) is 16.3 Å². The van der Waals surface area contributed by atoms with Crippen molar-refractivity contribution in [3.63, 3.8) is 0 Å². The molecule has 1 saturated heterocycles. The van der Waals surface area contributed by atoms with Gasteiger partial charge in [0.25, 0.3) is 11.8 Å². The van der Waals surface area contributed by atoms with Crippen LogP contribution >= 0.6 is 0 Å². The van der Waals surface area contributed by atoms with Gasteiger partial charge in [0, 0.05) is 46.0 Å². The summed E-state index contributed by atoms with van der Waals surface area (Å²) in [5, 5.41) is 2.73. The number of benzene rings is 1. The third kappa shape index (κ3) is 4.75. The zero-order valence-corrected chi connectivity index (χ0v) is 19.0. The Labute approximate surface area is 182 Å². The fraction of sp³-hybridized carbons (Fsp3) is 0.429. The summed E-state index contributed by atoms with van der Waals surface area (Å²) in [7, 11) is 2.70. The molecule has 0 radical (unpaired) electrons. The summed E-state index contributed by atoms with van der Waals surface area (Å²) in [6, 6.07) is 6.13. The van der Waals surface area contributed by atoms with Crippen molar-refractivity contribution in [1.82, 2.24) is 13.8 Å². The molecule has 0 aliphatic carbocycles. The number of nitrogens with one attached hydrogen (secondary N) is 1. The van der Waals surface area contributed by atoms with Crippen molar-refractivity contribution in [2.45, 2.75) is 24.2 Å². The van der Waals surface area contributed by atoms with Gasteiger partial charge in [-0.15, -0.1) is 0 Å². The summed E-state index contributed by atoms with van der Waals surface area (Å²) < 4.78 is 34.1. The van der Waals surface area contributed by atoms with Crippen molar-refractivity contribution in [3.05, 3.63) is 41.7 Å². The van der Waals surface area contributed by atoms with Crippen molar-refractivity contribution in [1.29, 1.82) is 0 Å². The number of carbonyl (C=O) groups excluding carboxylic acids is 2. The predicted molar refractivity (Wildman–Crippen MR) is 117 cm³/mol. The summed E-state index contributed by atoms with van der Waals surface area (Å²) in [4.78, 5) is 26.7. The number of piperidine rings is 1. The van der Waals surface area contributed by atoms with E-state index in [-0.39, 0.29) is 16.5 Å². The summed E-state index contributed by atoms with van der Waals surface area (Å²) in [6.45, 7) is 0.977. The maximum absolute atomic E-state index is 12.9. The van der Waals surface area contributed by atoms with Gasteiger partial charge < -0.3 is 19.5 Å². The smallest absolute Gasteiger partial charge is 0.272 e. The van der Waals surface area contributed by atoms with E-state index in [1.165, 1.54) is 39.2 Å². The standard InChI is InChI=1S/C21H28N4O5S/c1-23(2)21(27)15-8-9-19(30-4)17(12-15)22-20(26)18-13-16(14-24(18)3)31(28,29)25-10-6-5-7-11-25/h8-9,12-14H,5-7,10-11H2,1-4H3,(H,22,26). The number of anilines is 1. The monoisotopic (exact) mass is 448 g/mol. The number of sulfonamides is 1. The second-order valence-electron chi connectivity index (χ2n) is 7.71. The molecule has 0 saturated carbocycles. The maximum Gasteiger partial charge on any atom is 0.272 e.